The molecular formula is C28H29N7O3. The van der Waals surface area contributed by atoms with Crippen molar-refractivity contribution >= 4 is 34.1 Å². The van der Waals surface area contributed by atoms with E-state index in [1.54, 1.807) is 25.3 Å². The summed E-state index contributed by atoms with van der Waals surface area (Å²) in [5.41, 5.74) is 3.53. The largest absolute Gasteiger partial charge is 0.495 e. The molecule has 3 N–H and O–H groups in total. The van der Waals surface area contributed by atoms with E-state index in [1.807, 2.05) is 38.5 Å². The van der Waals surface area contributed by atoms with Gasteiger partial charge in [0.15, 0.2) is 0 Å². The molecule has 1 amide bonds. The maximum absolute atomic E-state index is 11.7. The molecule has 194 valence electrons. The number of fused-ring (bicyclic) bond motifs is 1. The molecule has 0 spiro atoms. The van der Waals surface area contributed by atoms with Gasteiger partial charge in [-0.3, -0.25) is 4.79 Å². The number of amides is 1. The second-order valence-electron chi connectivity index (χ2n) is 8.72. The fourth-order valence-corrected chi connectivity index (χ4v) is 3.89. The van der Waals surface area contributed by atoms with E-state index in [4.69, 9.17) is 9.47 Å². The Morgan fingerprint density at radius 1 is 1.26 bits per heavy atom. The lowest BCUT2D eigenvalue weighted by Crippen LogP contribution is -2.15. The van der Waals surface area contributed by atoms with Crippen molar-refractivity contribution in [2.24, 2.45) is 0 Å². The number of aromatic nitrogens is 3. The van der Waals surface area contributed by atoms with Crippen molar-refractivity contribution in [3.63, 3.8) is 0 Å². The van der Waals surface area contributed by atoms with Crippen molar-refractivity contribution < 1.29 is 14.3 Å². The van der Waals surface area contributed by atoms with Crippen molar-refractivity contribution in [2.75, 3.05) is 45.0 Å². The second kappa shape index (κ2) is 11.9. The molecule has 0 aliphatic heterocycles. The van der Waals surface area contributed by atoms with Crippen molar-refractivity contribution in [3.05, 3.63) is 67.0 Å². The normalized spacial score (nSPS) is 10.7. The van der Waals surface area contributed by atoms with Gasteiger partial charge in [0, 0.05) is 41.0 Å². The van der Waals surface area contributed by atoms with Crippen molar-refractivity contribution in [1.82, 2.24) is 19.9 Å². The van der Waals surface area contributed by atoms with Gasteiger partial charge in [-0.2, -0.15) is 5.26 Å². The second-order valence-corrected chi connectivity index (χ2v) is 8.72. The van der Waals surface area contributed by atoms with Crippen LogP contribution in [0.1, 0.15) is 12.0 Å². The van der Waals surface area contributed by atoms with Gasteiger partial charge in [-0.1, -0.05) is 6.58 Å². The lowest BCUT2D eigenvalue weighted by atomic mass is 10.1. The van der Waals surface area contributed by atoms with E-state index in [9.17, 15) is 10.1 Å². The highest BCUT2D eigenvalue weighted by atomic mass is 16.5. The lowest BCUT2D eigenvalue weighted by Gasteiger charge is -2.13. The van der Waals surface area contributed by atoms with Crippen LogP contribution < -0.4 is 20.1 Å². The lowest BCUT2D eigenvalue weighted by molar-refractivity contribution is -0.111. The number of nitriles is 1. The summed E-state index contributed by atoms with van der Waals surface area (Å²) in [7, 11) is 5.61. The summed E-state index contributed by atoms with van der Waals surface area (Å²) in [6, 6.07) is 13.1. The SMILES string of the molecule is C=CC(=O)Nc1ccc(OC)c(Nc2ncc(C#N)c(-c3c[nH]c4cc(OCCCN(C)C)ccc34)n2)c1. The van der Waals surface area contributed by atoms with Crippen LogP contribution in [0.2, 0.25) is 0 Å². The first kappa shape index (κ1) is 26.2. The summed E-state index contributed by atoms with van der Waals surface area (Å²) in [5, 5.41) is 16.5. The standard InChI is InChI=1S/C28H29N7O3/c1-5-26(36)32-19-7-10-25(37-4)24(13-19)33-28-31-16-18(15-29)27(34-28)22-17-30-23-14-20(8-9-21(22)23)38-12-6-11-35(2)3/h5,7-10,13-14,16-17,30H,1,6,11-12H2,2-4H3,(H,32,36)(H,31,33,34). The Labute approximate surface area is 220 Å². The van der Waals surface area contributed by atoms with Crippen LogP contribution in [0.5, 0.6) is 11.5 Å². The van der Waals surface area contributed by atoms with Crippen LogP contribution in [0.4, 0.5) is 17.3 Å². The van der Waals surface area contributed by atoms with Crippen molar-refractivity contribution in [2.45, 2.75) is 6.42 Å². The highest BCUT2D eigenvalue weighted by Crippen LogP contribution is 2.34. The van der Waals surface area contributed by atoms with E-state index >= 15 is 0 Å². The Balaban J connectivity index is 1.62. The maximum Gasteiger partial charge on any atom is 0.247 e. The highest BCUT2D eigenvalue weighted by Gasteiger charge is 2.16. The van der Waals surface area contributed by atoms with E-state index in [0.29, 0.717) is 35.0 Å². The van der Waals surface area contributed by atoms with Gasteiger partial charge >= 0.3 is 0 Å². The van der Waals surface area contributed by atoms with Gasteiger partial charge in [0.25, 0.3) is 0 Å². The molecule has 10 heteroatoms. The molecule has 0 atom stereocenters. The molecule has 2 heterocycles. The minimum atomic E-state index is -0.334. The maximum atomic E-state index is 11.7. The highest BCUT2D eigenvalue weighted by molar-refractivity contribution is 5.99. The predicted molar refractivity (Wildman–Crippen MR) is 148 cm³/mol. The summed E-state index contributed by atoms with van der Waals surface area (Å²) < 4.78 is 11.3. The van der Waals surface area contributed by atoms with E-state index < -0.39 is 0 Å². The Morgan fingerprint density at radius 2 is 2.11 bits per heavy atom. The summed E-state index contributed by atoms with van der Waals surface area (Å²) in [6.07, 6.45) is 5.41. The van der Waals surface area contributed by atoms with E-state index in [2.05, 4.69) is 43.1 Å². The number of H-pyrrole nitrogens is 1. The summed E-state index contributed by atoms with van der Waals surface area (Å²) in [6.45, 7) is 5.05. The first-order valence-corrected chi connectivity index (χ1v) is 12.0. The first-order chi connectivity index (χ1) is 18.4. The number of rotatable bonds is 11. The van der Waals surface area contributed by atoms with E-state index in [-0.39, 0.29) is 11.9 Å². The fourth-order valence-electron chi connectivity index (χ4n) is 3.89. The summed E-state index contributed by atoms with van der Waals surface area (Å²) in [4.78, 5) is 26.1. The molecule has 0 radical (unpaired) electrons. The molecule has 10 nitrogen and oxygen atoms in total. The Hall–Kier alpha value is -4.88. The molecule has 0 unspecified atom stereocenters. The number of ether oxygens (including phenoxy) is 2. The minimum absolute atomic E-state index is 0.264. The Morgan fingerprint density at radius 3 is 2.84 bits per heavy atom. The number of benzene rings is 2. The Kier molecular flexibility index (Phi) is 8.20. The number of carbonyl (C=O) groups is 1. The number of hydrogen-bond acceptors (Lipinski definition) is 8. The molecule has 0 bridgehead atoms. The average molecular weight is 512 g/mol. The number of nitrogens with one attached hydrogen (secondary N) is 3. The van der Waals surface area contributed by atoms with Crippen LogP contribution in [0.15, 0.2) is 61.4 Å². The minimum Gasteiger partial charge on any atom is -0.495 e. The fraction of sp³-hybridized carbons (Fsp3) is 0.214. The van der Waals surface area contributed by atoms with Crippen LogP contribution in [-0.4, -0.2) is 60.1 Å². The molecule has 0 fully saturated rings. The van der Waals surface area contributed by atoms with Gasteiger partial charge in [-0.25, -0.2) is 9.97 Å². The molecule has 0 saturated heterocycles. The quantitative estimate of drug-likeness (QED) is 0.195. The predicted octanol–water partition coefficient (Wildman–Crippen LogP) is 4.70. The van der Waals surface area contributed by atoms with Gasteiger partial charge in [0.2, 0.25) is 11.9 Å². The van der Waals surface area contributed by atoms with Crippen LogP contribution in [0.3, 0.4) is 0 Å². The zero-order valence-corrected chi connectivity index (χ0v) is 21.5. The van der Waals surface area contributed by atoms with Gasteiger partial charge in [0.1, 0.15) is 17.6 Å². The molecule has 0 saturated carbocycles. The molecule has 38 heavy (non-hydrogen) atoms. The molecule has 0 aliphatic rings. The third kappa shape index (κ3) is 6.08. The number of hydrogen-bond donors (Lipinski definition) is 3. The van der Waals surface area contributed by atoms with Crippen molar-refractivity contribution in [3.8, 4) is 28.8 Å². The molecular weight excluding hydrogens is 482 g/mol. The van der Waals surface area contributed by atoms with Gasteiger partial charge in [0.05, 0.1) is 36.9 Å². The van der Waals surface area contributed by atoms with Crippen molar-refractivity contribution in [1.29, 1.82) is 5.26 Å². The first-order valence-electron chi connectivity index (χ1n) is 12.0. The third-order valence-corrected chi connectivity index (χ3v) is 5.73. The number of nitrogens with zero attached hydrogens (tertiary/aromatic N) is 4. The van der Waals surface area contributed by atoms with Gasteiger partial charge in [-0.15, -0.1) is 0 Å². The third-order valence-electron chi connectivity index (χ3n) is 5.73. The molecule has 4 aromatic rings. The smallest absolute Gasteiger partial charge is 0.247 e. The average Bonchev–Trinajstić information content (AvgIpc) is 3.34. The molecule has 0 aliphatic carbocycles. The van der Waals surface area contributed by atoms with Crippen LogP contribution in [-0.2, 0) is 4.79 Å². The zero-order chi connectivity index (χ0) is 27.1. The topological polar surface area (TPSA) is 128 Å². The summed E-state index contributed by atoms with van der Waals surface area (Å²) in [5.74, 6) is 1.23. The molecule has 2 aromatic carbocycles. The zero-order valence-electron chi connectivity index (χ0n) is 21.5. The van der Waals surface area contributed by atoms with Crippen LogP contribution in [0, 0.1) is 11.3 Å². The number of methoxy groups -OCH3 is 1. The van der Waals surface area contributed by atoms with Gasteiger partial charge in [-0.05, 0) is 56.9 Å². The number of aromatic amines is 1. The molecule has 4 rings (SSSR count). The number of anilines is 3. The van der Waals surface area contributed by atoms with Gasteiger partial charge < -0.3 is 30.0 Å². The van der Waals surface area contributed by atoms with E-state index in [0.717, 1.165) is 35.2 Å². The summed E-state index contributed by atoms with van der Waals surface area (Å²) >= 11 is 0. The number of carbonyl (C=O) groups excluding carboxylic acids is 1. The molecule has 2 aromatic heterocycles. The van der Waals surface area contributed by atoms with Crippen LogP contribution >= 0.6 is 0 Å². The van der Waals surface area contributed by atoms with Crippen LogP contribution in [0.25, 0.3) is 22.2 Å². The monoisotopic (exact) mass is 511 g/mol. The Bertz CT molecular complexity index is 1500. The van der Waals surface area contributed by atoms with E-state index in [1.165, 1.54) is 12.3 Å².